The van der Waals surface area contributed by atoms with Crippen LogP contribution in [-0.2, 0) is 19.4 Å². The van der Waals surface area contributed by atoms with Gasteiger partial charge in [-0.3, -0.25) is 9.36 Å². The first kappa shape index (κ1) is 16.8. The van der Waals surface area contributed by atoms with Crippen molar-refractivity contribution in [1.82, 2.24) is 9.55 Å². The van der Waals surface area contributed by atoms with Gasteiger partial charge in [0.25, 0.3) is 11.6 Å². The molecule has 5 nitrogen and oxygen atoms in total. The van der Waals surface area contributed by atoms with Gasteiger partial charge < -0.3 is 9.47 Å². The standard InChI is InChI=1S/C22H26N2O3/c25-21-19-7-4-8-20(19)24-13-18(27-22(24)23-21)14-26-17-11-9-16(10-12-17)15-5-2-1-3-6-15/h9-12,15,18H,1-8,13-14H2/t18-/m0/s1. The molecule has 1 fully saturated rings. The Morgan fingerprint density at radius 1 is 1.07 bits per heavy atom. The van der Waals surface area contributed by atoms with Crippen LogP contribution in [0.4, 0.5) is 0 Å². The Labute approximate surface area is 159 Å². The average molecular weight is 366 g/mol. The first-order valence-electron chi connectivity index (χ1n) is 10.3. The van der Waals surface area contributed by atoms with E-state index in [9.17, 15) is 4.79 Å². The number of hydrogen-bond acceptors (Lipinski definition) is 4. The predicted molar refractivity (Wildman–Crippen MR) is 103 cm³/mol. The number of nitrogens with zero attached hydrogens (tertiary/aromatic N) is 2. The lowest BCUT2D eigenvalue weighted by Gasteiger charge is -2.22. The second kappa shape index (κ2) is 7.02. The Hall–Kier alpha value is -2.30. The summed E-state index contributed by atoms with van der Waals surface area (Å²) < 4.78 is 13.9. The summed E-state index contributed by atoms with van der Waals surface area (Å²) in [6, 6.07) is 9.03. The zero-order valence-corrected chi connectivity index (χ0v) is 15.7. The van der Waals surface area contributed by atoms with Crippen molar-refractivity contribution in [2.45, 2.75) is 69.9 Å². The van der Waals surface area contributed by atoms with Crippen LogP contribution >= 0.6 is 0 Å². The molecule has 3 aliphatic rings. The third kappa shape index (κ3) is 3.24. The Bertz CT molecular complexity index is 882. The molecule has 1 aromatic heterocycles. The molecule has 2 aromatic rings. The van der Waals surface area contributed by atoms with Crippen molar-refractivity contribution in [3.05, 3.63) is 51.4 Å². The second-order valence-corrected chi connectivity index (χ2v) is 8.04. The third-order valence-corrected chi connectivity index (χ3v) is 6.25. The number of aromatic nitrogens is 2. The summed E-state index contributed by atoms with van der Waals surface area (Å²) in [6.45, 7) is 1.18. The third-order valence-electron chi connectivity index (χ3n) is 6.25. The summed E-state index contributed by atoms with van der Waals surface area (Å²) in [7, 11) is 0. The molecule has 0 spiro atoms. The Morgan fingerprint density at radius 2 is 1.89 bits per heavy atom. The van der Waals surface area contributed by atoms with E-state index in [4.69, 9.17) is 9.47 Å². The van der Waals surface area contributed by atoms with Gasteiger partial charge in [-0.1, -0.05) is 31.4 Å². The smallest absolute Gasteiger partial charge is 0.300 e. The predicted octanol–water partition coefficient (Wildman–Crippen LogP) is 3.62. The van der Waals surface area contributed by atoms with E-state index in [0.29, 0.717) is 25.1 Å². The van der Waals surface area contributed by atoms with Gasteiger partial charge in [-0.05, 0) is 55.7 Å². The van der Waals surface area contributed by atoms with E-state index in [0.717, 1.165) is 36.3 Å². The molecular formula is C22H26N2O3. The van der Waals surface area contributed by atoms with Crippen LogP contribution in [0.15, 0.2) is 29.1 Å². The monoisotopic (exact) mass is 366 g/mol. The molecule has 5 heteroatoms. The number of ether oxygens (including phenoxy) is 2. The molecule has 1 aliphatic heterocycles. The van der Waals surface area contributed by atoms with E-state index in [2.05, 4.69) is 33.8 Å². The highest BCUT2D eigenvalue weighted by Gasteiger charge is 2.30. The number of rotatable bonds is 4. The molecule has 0 bridgehead atoms. The largest absolute Gasteiger partial charge is 0.490 e. The molecule has 5 rings (SSSR count). The molecule has 142 valence electrons. The maximum absolute atomic E-state index is 12.1. The second-order valence-electron chi connectivity index (χ2n) is 8.04. The molecular weight excluding hydrogens is 340 g/mol. The SMILES string of the molecule is O=c1nc2n(c3c1CCC3)C[C@@H](COc1ccc(C3CCCCC3)cc1)O2. The van der Waals surface area contributed by atoms with E-state index in [1.54, 1.807) is 0 Å². The van der Waals surface area contributed by atoms with Crippen LogP contribution in [0.2, 0.25) is 0 Å². The molecule has 2 heterocycles. The lowest BCUT2D eigenvalue weighted by molar-refractivity contribution is 0.143. The Morgan fingerprint density at radius 3 is 2.70 bits per heavy atom. The minimum atomic E-state index is -0.117. The van der Waals surface area contributed by atoms with Gasteiger partial charge in [0.1, 0.15) is 12.4 Å². The van der Waals surface area contributed by atoms with E-state index in [1.807, 2.05) is 0 Å². The highest BCUT2D eigenvalue weighted by atomic mass is 16.6. The molecule has 0 saturated heterocycles. The van der Waals surface area contributed by atoms with Crippen molar-refractivity contribution in [2.75, 3.05) is 6.61 Å². The first-order chi connectivity index (χ1) is 13.3. The lowest BCUT2D eigenvalue weighted by Crippen LogP contribution is -2.23. The maximum atomic E-state index is 12.1. The first-order valence-corrected chi connectivity index (χ1v) is 10.3. The zero-order valence-electron chi connectivity index (χ0n) is 15.7. The van der Waals surface area contributed by atoms with Gasteiger partial charge in [0, 0.05) is 11.3 Å². The molecule has 1 atom stereocenters. The fourth-order valence-corrected chi connectivity index (χ4v) is 4.80. The highest BCUT2D eigenvalue weighted by molar-refractivity contribution is 5.30. The topological polar surface area (TPSA) is 53.4 Å². The fraction of sp³-hybridized carbons (Fsp3) is 0.545. The average Bonchev–Trinajstić information content (AvgIpc) is 3.34. The van der Waals surface area contributed by atoms with Crippen LogP contribution in [0.5, 0.6) is 11.8 Å². The summed E-state index contributed by atoms with van der Waals surface area (Å²) in [5, 5.41) is 0. The van der Waals surface area contributed by atoms with Crippen LogP contribution in [0.1, 0.15) is 61.3 Å². The Kier molecular flexibility index (Phi) is 4.38. The molecule has 2 aliphatic carbocycles. The normalized spacial score (nSPS) is 21.6. The molecule has 1 saturated carbocycles. The highest BCUT2D eigenvalue weighted by Crippen LogP contribution is 2.33. The van der Waals surface area contributed by atoms with E-state index < -0.39 is 0 Å². The van der Waals surface area contributed by atoms with E-state index >= 15 is 0 Å². The van der Waals surface area contributed by atoms with Crippen LogP contribution in [0.3, 0.4) is 0 Å². The molecule has 0 radical (unpaired) electrons. The molecule has 0 unspecified atom stereocenters. The molecule has 27 heavy (non-hydrogen) atoms. The fourth-order valence-electron chi connectivity index (χ4n) is 4.80. The van der Waals surface area contributed by atoms with E-state index in [-0.39, 0.29) is 11.7 Å². The van der Waals surface area contributed by atoms with Crippen molar-refractivity contribution >= 4 is 0 Å². The van der Waals surface area contributed by atoms with Crippen LogP contribution < -0.4 is 15.0 Å². The van der Waals surface area contributed by atoms with Crippen molar-refractivity contribution in [1.29, 1.82) is 0 Å². The number of fused-ring (bicyclic) bond motifs is 3. The van der Waals surface area contributed by atoms with Crippen molar-refractivity contribution in [3.63, 3.8) is 0 Å². The van der Waals surface area contributed by atoms with Gasteiger partial charge in [-0.15, -0.1) is 0 Å². The molecule has 0 N–H and O–H groups in total. The van der Waals surface area contributed by atoms with Crippen molar-refractivity contribution < 1.29 is 9.47 Å². The quantitative estimate of drug-likeness (QED) is 0.829. The summed E-state index contributed by atoms with van der Waals surface area (Å²) >= 11 is 0. The molecule has 1 aromatic carbocycles. The lowest BCUT2D eigenvalue weighted by atomic mass is 9.84. The van der Waals surface area contributed by atoms with Gasteiger partial charge in [0.05, 0.1) is 6.54 Å². The number of hydrogen-bond donors (Lipinski definition) is 0. The minimum Gasteiger partial charge on any atom is -0.490 e. The summed E-state index contributed by atoms with van der Waals surface area (Å²) in [4.78, 5) is 16.2. The van der Waals surface area contributed by atoms with E-state index in [1.165, 1.54) is 37.7 Å². The van der Waals surface area contributed by atoms with Gasteiger partial charge in [-0.25, -0.2) is 0 Å². The van der Waals surface area contributed by atoms with Gasteiger partial charge in [-0.2, -0.15) is 4.98 Å². The minimum absolute atomic E-state index is 0.0954. The zero-order chi connectivity index (χ0) is 18.2. The van der Waals surface area contributed by atoms with Gasteiger partial charge >= 0.3 is 0 Å². The van der Waals surface area contributed by atoms with Crippen molar-refractivity contribution in [3.8, 4) is 11.8 Å². The maximum Gasteiger partial charge on any atom is 0.300 e. The summed E-state index contributed by atoms with van der Waals surface area (Å²) in [5.41, 5.74) is 3.31. The van der Waals surface area contributed by atoms with Crippen LogP contribution in [0.25, 0.3) is 0 Å². The Balaban J connectivity index is 1.22. The van der Waals surface area contributed by atoms with Gasteiger partial charge in [0.15, 0.2) is 6.10 Å². The number of benzene rings is 1. The summed E-state index contributed by atoms with van der Waals surface area (Å²) in [5.74, 6) is 1.59. The molecule has 0 amide bonds. The summed E-state index contributed by atoms with van der Waals surface area (Å²) in [6.07, 6.45) is 9.42. The van der Waals surface area contributed by atoms with Gasteiger partial charge in [0.2, 0.25) is 0 Å². The van der Waals surface area contributed by atoms with Crippen LogP contribution in [0, 0.1) is 0 Å². The van der Waals surface area contributed by atoms with Crippen LogP contribution in [-0.4, -0.2) is 22.3 Å². The van der Waals surface area contributed by atoms with Crippen molar-refractivity contribution in [2.24, 2.45) is 0 Å².